The smallest absolute Gasteiger partial charge is 0.352 e. The number of nitrogens with one attached hydrogen (secondary N) is 2. The Balaban J connectivity index is 0.00000338. The van der Waals surface area contributed by atoms with E-state index < -0.39 is 29.1 Å². The van der Waals surface area contributed by atoms with Gasteiger partial charge in [-0.05, 0) is 37.4 Å². The fourth-order valence-electron chi connectivity index (χ4n) is 3.12. The molecule has 26 heavy (non-hydrogen) atoms. The predicted octanol–water partition coefficient (Wildman–Crippen LogP) is 2.49. The summed E-state index contributed by atoms with van der Waals surface area (Å²) in [5, 5.41) is 5.07. The van der Waals surface area contributed by atoms with Crippen LogP contribution in [0.1, 0.15) is 41.6 Å². The largest absolute Gasteiger partial charge is 0.417 e. The molecule has 9 heteroatoms. The number of alkyl halides is 3. The van der Waals surface area contributed by atoms with Crippen LogP contribution in [0, 0.1) is 5.92 Å². The van der Waals surface area contributed by atoms with Crippen molar-refractivity contribution in [2.75, 3.05) is 13.1 Å². The molecule has 1 aliphatic carbocycles. The molecule has 0 radical (unpaired) electrons. The summed E-state index contributed by atoms with van der Waals surface area (Å²) in [5.74, 6) is -1.16. The SMILES string of the molecule is Cl.NCC1CCCCC1NC(=O)CNC(=O)c1ccccc1C(F)(F)F. The minimum atomic E-state index is -4.63. The third-order valence-corrected chi connectivity index (χ3v) is 4.44. The molecule has 0 heterocycles. The molecule has 0 spiro atoms. The molecule has 1 aromatic carbocycles. The monoisotopic (exact) mass is 393 g/mol. The summed E-state index contributed by atoms with van der Waals surface area (Å²) < 4.78 is 38.8. The van der Waals surface area contributed by atoms with Gasteiger partial charge in [0.1, 0.15) is 0 Å². The minimum absolute atomic E-state index is 0. The molecule has 0 saturated heterocycles. The van der Waals surface area contributed by atoms with Crippen molar-refractivity contribution in [3.8, 4) is 0 Å². The lowest BCUT2D eigenvalue weighted by Crippen LogP contribution is -2.48. The van der Waals surface area contributed by atoms with Crippen LogP contribution in [0.15, 0.2) is 24.3 Å². The molecular weight excluding hydrogens is 371 g/mol. The molecule has 146 valence electrons. The highest BCUT2D eigenvalue weighted by molar-refractivity contribution is 5.97. The molecule has 1 aliphatic rings. The molecule has 2 rings (SSSR count). The number of benzene rings is 1. The minimum Gasteiger partial charge on any atom is -0.352 e. The number of carbonyl (C=O) groups is 2. The Morgan fingerprint density at radius 2 is 1.81 bits per heavy atom. The third-order valence-electron chi connectivity index (χ3n) is 4.44. The van der Waals surface area contributed by atoms with E-state index in [4.69, 9.17) is 5.73 Å². The summed E-state index contributed by atoms with van der Waals surface area (Å²) >= 11 is 0. The molecule has 5 nitrogen and oxygen atoms in total. The van der Waals surface area contributed by atoms with Crippen LogP contribution in [0.4, 0.5) is 13.2 Å². The maximum atomic E-state index is 12.9. The first-order chi connectivity index (χ1) is 11.8. The fraction of sp³-hybridized carbons (Fsp3) is 0.529. The Morgan fingerprint density at radius 1 is 1.15 bits per heavy atom. The number of hydrogen-bond donors (Lipinski definition) is 3. The van der Waals surface area contributed by atoms with Gasteiger partial charge in [0.15, 0.2) is 0 Å². The van der Waals surface area contributed by atoms with Crippen molar-refractivity contribution in [1.82, 2.24) is 10.6 Å². The summed E-state index contributed by atoms with van der Waals surface area (Å²) in [6, 6.07) is 4.43. The van der Waals surface area contributed by atoms with E-state index in [0.29, 0.717) is 6.54 Å². The first-order valence-electron chi connectivity index (χ1n) is 8.26. The Bertz CT molecular complexity index is 626. The molecular formula is C17H23ClF3N3O2. The van der Waals surface area contributed by atoms with Gasteiger partial charge in [-0.25, -0.2) is 0 Å². The number of amides is 2. The van der Waals surface area contributed by atoms with Crippen molar-refractivity contribution in [1.29, 1.82) is 0 Å². The van der Waals surface area contributed by atoms with Gasteiger partial charge in [-0.15, -0.1) is 12.4 Å². The summed E-state index contributed by atoms with van der Waals surface area (Å²) in [6.45, 7) is 0.0923. The molecule has 4 N–H and O–H groups in total. The van der Waals surface area contributed by atoms with Crippen molar-refractivity contribution in [3.63, 3.8) is 0 Å². The van der Waals surface area contributed by atoms with E-state index in [1.54, 1.807) is 0 Å². The molecule has 2 unspecified atom stereocenters. The van der Waals surface area contributed by atoms with E-state index >= 15 is 0 Å². The highest BCUT2D eigenvalue weighted by Gasteiger charge is 2.35. The van der Waals surface area contributed by atoms with E-state index in [0.717, 1.165) is 37.8 Å². The molecule has 0 bridgehead atoms. The van der Waals surface area contributed by atoms with Crippen molar-refractivity contribution >= 4 is 24.2 Å². The summed E-state index contributed by atoms with van der Waals surface area (Å²) in [7, 11) is 0. The van der Waals surface area contributed by atoms with Crippen LogP contribution < -0.4 is 16.4 Å². The first-order valence-corrected chi connectivity index (χ1v) is 8.26. The average Bonchev–Trinajstić information content (AvgIpc) is 2.59. The Labute approximate surface area is 156 Å². The van der Waals surface area contributed by atoms with Crippen LogP contribution >= 0.6 is 12.4 Å². The molecule has 1 saturated carbocycles. The van der Waals surface area contributed by atoms with E-state index in [2.05, 4.69) is 10.6 Å². The number of hydrogen-bond acceptors (Lipinski definition) is 3. The van der Waals surface area contributed by atoms with Crippen LogP contribution in [-0.4, -0.2) is 30.9 Å². The fourth-order valence-corrected chi connectivity index (χ4v) is 3.12. The van der Waals surface area contributed by atoms with E-state index in [9.17, 15) is 22.8 Å². The highest BCUT2D eigenvalue weighted by atomic mass is 35.5. The first kappa shape index (κ1) is 22.2. The number of carbonyl (C=O) groups excluding carboxylic acids is 2. The van der Waals surface area contributed by atoms with Crippen LogP contribution in [0.25, 0.3) is 0 Å². The molecule has 1 aromatic rings. The lowest BCUT2D eigenvalue weighted by Gasteiger charge is -2.31. The second-order valence-corrected chi connectivity index (χ2v) is 6.18. The third kappa shape index (κ3) is 5.88. The predicted molar refractivity (Wildman–Crippen MR) is 94.0 cm³/mol. The lowest BCUT2D eigenvalue weighted by molar-refractivity contribution is -0.137. The van der Waals surface area contributed by atoms with Gasteiger partial charge >= 0.3 is 6.18 Å². The van der Waals surface area contributed by atoms with Crippen LogP contribution in [0.3, 0.4) is 0 Å². The molecule has 2 amide bonds. The molecule has 0 aromatic heterocycles. The van der Waals surface area contributed by atoms with E-state index in [1.165, 1.54) is 12.1 Å². The van der Waals surface area contributed by atoms with E-state index in [1.807, 2.05) is 0 Å². The van der Waals surface area contributed by atoms with Crippen LogP contribution in [-0.2, 0) is 11.0 Å². The Morgan fingerprint density at radius 3 is 2.46 bits per heavy atom. The maximum Gasteiger partial charge on any atom is 0.417 e. The zero-order chi connectivity index (χ0) is 18.4. The zero-order valence-electron chi connectivity index (χ0n) is 14.1. The number of halogens is 4. The van der Waals surface area contributed by atoms with Gasteiger partial charge in [0.2, 0.25) is 5.91 Å². The van der Waals surface area contributed by atoms with Crippen LogP contribution in [0.5, 0.6) is 0 Å². The highest BCUT2D eigenvalue weighted by Crippen LogP contribution is 2.31. The van der Waals surface area contributed by atoms with Gasteiger partial charge in [0.25, 0.3) is 5.91 Å². The van der Waals surface area contributed by atoms with Crippen molar-refractivity contribution in [3.05, 3.63) is 35.4 Å². The van der Waals surface area contributed by atoms with Crippen molar-refractivity contribution in [2.45, 2.75) is 37.9 Å². The number of nitrogens with two attached hydrogens (primary N) is 1. The zero-order valence-corrected chi connectivity index (χ0v) is 15.0. The topological polar surface area (TPSA) is 84.2 Å². The standard InChI is InChI=1S/C17H22F3N3O2.ClH/c18-17(19,20)13-7-3-2-6-12(13)16(25)22-10-15(24)23-14-8-4-1-5-11(14)9-21;/h2-3,6-7,11,14H,1,4-5,8-10,21H2,(H,22,25)(H,23,24);1H. The number of rotatable bonds is 5. The van der Waals surface area contributed by atoms with Gasteiger partial charge < -0.3 is 16.4 Å². The molecule has 0 aliphatic heterocycles. The summed E-state index contributed by atoms with van der Waals surface area (Å²) in [5.41, 5.74) is 4.17. The molecule has 1 fully saturated rings. The summed E-state index contributed by atoms with van der Waals surface area (Å²) in [4.78, 5) is 24.0. The van der Waals surface area contributed by atoms with Crippen LogP contribution in [0.2, 0.25) is 0 Å². The van der Waals surface area contributed by atoms with Gasteiger partial charge in [0, 0.05) is 6.04 Å². The van der Waals surface area contributed by atoms with Gasteiger partial charge in [-0.1, -0.05) is 25.0 Å². The Hall–Kier alpha value is -1.80. The normalized spacial score (nSPS) is 20.0. The van der Waals surface area contributed by atoms with Crippen molar-refractivity contribution < 1.29 is 22.8 Å². The van der Waals surface area contributed by atoms with E-state index in [-0.39, 0.29) is 30.9 Å². The summed E-state index contributed by atoms with van der Waals surface area (Å²) in [6.07, 6.45) is -0.816. The Kier molecular flexibility index (Phi) is 8.36. The van der Waals surface area contributed by atoms with Gasteiger partial charge in [0.05, 0.1) is 17.7 Å². The van der Waals surface area contributed by atoms with Crippen molar-refractivity contribution in [2.24, 2.45) is 11.7 Å². The maximum absolute atomic E-state index is 12.9. The lowest BCUT2D eigenvalue weighted by atomic mass is 9.84. The second-order valence-electron chi connectivity index (χ2n) is 6.18. The van der Waals surface area contributed by atoms with Gasteiger partial charge in [-0.2, -0.15) is 13.2 Å². The van der Waals surface area contributed by atoms with Gasteiger partial charge in [-0.3, -0.25) is 9.59 Å². The molecule has 2 atom stereocenters. The quantitative estimate of drug-likeness (QED) is 0.718. The average molecular weight is 394 g/mol. The second kappa shape index (κ2) is 9.78.